The van der Waals surface area contributed by atoms with E-state index in [0.29, 0.717) is 11.4 Å². The molecule has 0 heterocycles. The lowest BCUT2D eigenvalue weighted by Crippen LogP contribution is -1.88. The lowest BCUT2D eigenvalue weighted by atomic mass is 10.3. The standard InChI is InChI=1S/C18H16N2O2.C6H8N2/c19-13-1-5-15(6-2-13)21-17-9-11-18(12-10-17)22-16-7-3-14(20)4-8-16;7-5-1-2-6(8)4-3-5/h1-12H,19-20H2;1-4H,7-8H2. The van der Waals surface area contributed by atoms with E-state index in [-0.39, 0.29) is 0 Å². The Bertz CT molecular complexity index is 959. The van der Waals surface area contributed by atoms with E-state index in [1.807, 2.05) is 48.5 Å². The van der Waals surface area contributed by atoms with Crippen molar-refractivity contribution in [2.24, 2.45) is 0 Å². The summed E-state index contributed by atoms with van der Waals surface area (Å²) in [6.45, 7) is 0. The molecule has 4 aromatic rings. The van der Waals surface area contributed by atoms with Gasteiger partial charge in [-0.2, -0.15) is 0 Å². The van der Waals surface area contributed by atoms with E-state index in [2.05, 4.69) is 0 Å². The van der Waals surface area contributed by atoms with Gasteiger partial charge in [-0.05, 0) is 97.1 Å². The molecule has 0 aliphatic heterocycles. The molecule has 152 valence electrons. The number of anilines is 4. The van der Waals surface area contributed by atoms with Gasteiger partial charge in [-0.15, -0.1) is 0 Å². The first kappa shape index (κ1) is 20.4. The second-order valence-corrected chi connectivity index (χ2v) is 6.48. The van der Waals surface area contributed by atoms with E-state index >= 15 is 0 Å². The summed E-state index contributed by atoms with van der Waals surface area (Å²) in [5.74, 6) is 2.94. The Kier molecular flexibility index (Phi) is 6.63. The number of benzene rings is 4. The second-order valence-electron chi connectivity index (χ2n) is 6.48. The molecule has 0 aliphatic carbocycles. The maximum atomic E-state index is 5.73. The Morgan fingerprint density at radius 2 is 0.467 bits per heavy atom. The van der Waals surface area contributed by atoms with E-state index in [9.17, 15) is 0 Å². The Labute approximate surface area is 175 Å². The van der Waals surface area contributed by atoms with Gasteiger partial charge in [0.25, 0.3) is 0 Å². The molecule has 0 radical (unpaired) electrons. The Morgan fingerprint density at radius 1 is 0.300 bits per heavy atom. The third-order valence-corrected chi connectivity index (χ3v) is 3.99. The molecule has 0 saturated heterocycles. The monoisotopic (exact) mass is 400 g/mol. The van der Waals surface area contributed by atoms with Gasteiger partial charge in [-0.3, -0.25) is 0 Å². The lowest BCUT2D eigenvalue weighted by molar-refractivity contribution is 0.469. The van der Waals surface area contributed by atoms with Gasteiger partial charge < -0.3 is 32.4 Å². The third-order valence-electron chi connectivity index (χ3n) is 3.99. The molecule has 0 aliphatic rings. The van der Waals surface area contributed by atoms with Crippen LogP contribution in [0.4, 0.5) is 22.7 Å². The van der Waals surface area contributed by atoms with Crippen molar-refractivity contribution in [1.29, 1.82) is 0 Å². The van der Waals surface area contributed by atoms with Crippen LogP contribution in [-0.4, -0.2) is 0 Å². The molecule has 0 unspecified atom stereocenters. The molecular weight excluding hydrogens is 376 g/mol. The number of nitrogens with two attached hydrogens (primary N) is 4. The van der Waals surface area contributed by atoms with Crippen LogP contribution in [0.1, 0.15) is 0 Å². The highest BCUT2D eigenvalue weighted by Crippen LogP contribution is 2.27. The van der Waals surface area contributed by atoms with E-state index in [1.54, 1.807) is 48.5 Å². The summed E-state index contributed by atoms with van der Waals surface area (Å²) in [4.78, 5) is 0. The van der Waals surface area contributed by atoms with Gasteiger partial charge in [0.1, 0.15) is 23.0 Å². The molecule has 0 bridgehead atoms. The van der Waals surface area contributed by atoms with E-state index in [4.69, 9.17) is 32.4 Å². The highest BCUT2D eigenvalue weighted by atomic mass is 16.5. The third kappa shape index (κ3) is 6.38. The van der Waals surface area contributed by atoms with Gasteiger partial charge in [0.2, 0.25) is 0 Å². The number of rotatable bonds is 4. The zero-order valence-electron chi connectivity index (χ0n) is 16.4. The topological polar surface area (TPSA) is 123 Å². The van der Waals surface area contributed by atoms with Crippen molar-refractivity contribution < 1.29 is 9.47 Å². The maximum Gasteiger partial charge on any atom is 0.127 e. The average Bonchev–Trinajstić information content (AvgIpc) is 2.75. The van der Waals surface area contributed by atoms with Crippen LogP contribution in [0, 0.1) is 0 Å². The highest BCUT2D eigenvalue weighted by Gasteiger charge is 2.00. The molecule has 6 nitrogen and oxygen atoms in total. The SMILES string of the molecule is Nc1ccc(N)cc1.Nc1ccc(Oc2ccc(Oc3ccc(N)cc3)cc2)cc1. The van der Waals surface area contributed by atoms with E-state index in [0.717, 1.165) is 34.4 Å². The zero-order valence-corrected chi connectivity index (χ0v) is 16.4. The molecule has 4 rings (SSSR count). The van der Waals surface area contributed by atoms with Crippen molar-refractivity contribution >= 4 is 22.7 Å². The number of ether oxygens (including phenoxy) is 2. The fraction of sp³-hybridized carbons (Fsp3) is 0. The first-order valence-electron chi connectivity index (χ1n) is 9.26. The summed E-state index contributed by atoms with van der Waals surface area (Å²) in [5.41, 5.74) is 24.9. The average molecular weight is 400 g/mol. The molecule has 0 fully saturated rings. The highest BCUT2D eigenvalue weighted by molar-refractivity contribution is 5.48. The Hall–Kier alpha value is -4.32. The summed E-state index contributed by atoms with van der Waals surface area (Å²) in [6, 6.07) is 29.0. The normalized spacial score (nSPS) is 9.87. The number of hydrogen-bond donors (Lipinski definition) is 4. The minimum absolute atomic E-state index is 0.708. The molecule has 6 heteroatoms. The fourth-order valence-corrected chi connectivity index (χ4v) is 2.42. The van der Waals surface area contributed by atoms with Gasteiger partial charge in [0.05, 0.1) is 0 Å². The summed E-state index contributed by atoms with van der Waals surface area (Å²) in [7, 11) is 0. The number of hydrogen-bond acceptors (Lipinski definition) is 6. The van der Waals surface area contributed by atoms with Crippen molar-refractivity contribution in [3.05, 3.63) is 97.1 Å². The maximum absolute atomic E-state index is 5.73. The molecule has 0 amide bonds. The van der Waals surface area contributed by atoms with Crippen LogP contribution < -0.4 is 32.4 Å². The van der Waals surface area contributed by atoms with Crippen LogP contribution in [0.2, 0.25) is 0 Å². The minimum atomic E-state index is 0.708. The van der Waals surface area contributed by atoms with E-state index < -0.39 is 0 Å². The predicted molar refractivity (Wildman–Crippen MR) is 124 cm³/mol. The van der Waals surface area contributed by atoms with Gasteiger partial charge in [0, 0.05) is 22.7 Å². The predicted octanol–water partition coefficient (Wildman–Crippen LogP) is 5.29. The van der Waals surface area contributed by atoms with Gasteiger partial charge in [0.15, 0.2) is 0 Å². The summed E-state index contributed by atoms with van der Waals surface area (Å²) >= 11 is 0. The minimum Gasteiger partial charge on any atom is -0.457 e. The molecule has 0 saturated carbocycles. The lowest BCUT2D eigenvalue weighted by Gasteiger charge is -2.08. The van der Waals surface area contributed by atoms with Crippen molar-refractivity contribution in [3.8, 4) is 23.0 Å². The summed E-state index contributed by atoms with van der Waals surface area (Å²) < 4.78 is 11.5. The Balaban J connectivity index is 0.000000269. The second kappa shape index (κ2) is 9.75. The van der Waals surface area contributed by atoms with Gasteiger partial charge in [-0.25, -0.2) is 0 Å². The first-order chi connectivity index (χ1) is 14.5. The van der Waals surface area contributed by atoms with Crippen LogP contribution in [0.15, 0.2) is 97.1 Å². The molecule has 8 N–H and O–H groups in total. The molecule has 4 aromatic carbocycles. The summed E-state index contributed by atoms with van der Waals surface area (Å²) in [6.07, 6.45) is 0. The smallest absolute Gasteiger partial charge is 0.127 e. The van der Waals surface area contributed by atoms with Crippen molar-refractivity contribution in [2.75, 3.05) is 22.9 Å². The van der Waals surface area contributed by atoms with Crippen LogP contribution >= 0.6 is 0 Å². The van der Waals surface area contributed by atoms with Crippen molar-refractivity contribution in [1.82, 2.24) is 0 Å². The molecular formula is C24H24N4O2. The summed E-state index contributed by atoms with van der Waals surface area (Å²) in [5, 5.41) is 0. The molecule has 0 aromatic heterocycles. The first-order valence-corrected chi connectivity index (χ1v) is 9.26. The van der Waals surface area contributed by atoms with E-state index in [1.165, 1.54) is 0 Å². The Morgan fingerprint density at radius 3 is 0.700 bits per heavy atom. The van der Waals surface area contributed by atoms with Gasteiger partial charge >= 0.3 is 0 Å². The largest absolute Gasteiger partial charge is 0.457 e. The van der Waals surface area contributed by atoms with Gasteiger partial charge in [-0.1, -0.05) is 0 Å². The zero-order chi connectivity index (χ0) is 21.3. The van der Waals surface area contributed by atoms with Crippen molar-refractivity contribution in [2.45, 2.75) is 0 Å². The number of nitrogen functional groups attached to an aromatic ring is 4. The molecule has 0 atom stereocenters. The fourth-order valence-electron chi connectivity index (χ4n) is 2.42. The van der Waals surface area contributed by atoms with Crippen LogP contribution in [-0.2, 0) is 0 Å². The van der Waals surface area contributed by atoms with Crippen LogP contribution in [0.3, 0.4) is 0 Å². The van der Waals surface area contributed by atoms with Crippen molar-refractivity contribution in [3.63, 3.8) is 0 Å². The molecule has 0 spiro atoms. The quantitative estimate of drug-likeness (QED) is 0.345. The van der Waals surface area contributed by atoms with Crippen LogP contribution in [0.5, 0.6) is 23.0 Å². The van der Waals surface area contributed by atoms with Crippen LogP contribution in [0.25, 0.3) is 0 Å². The molecule has 30 heavy (non-hydrogen) atoms.